The van der Waals surface area contributed by atoms with Crippen molar-refractivity contribution in [2.75, 3.05) is 11.9 Å². The van der Waals surface area contributed by atoms with E-state index >= 15 is 0 Å². The van der Waals surface area contributed by atoms with Gasteiger partial charge in [0.15, 0.2) is 6.61 Å². The van der Waals surface area contributed by atoms with Gasteiger partial charge in [-0.1, -0.05) is 28.1 Å². The SMILES string of the molecule is N#CCOc1ccc(CNc2ccc(Br)cc2)cc1. The summed E-state index contributed by atoms with van der Waals surface area (Å²) in [6.07, 6.45) is 0. The number of nitriles is 1. The first-order chi connectivity index (χ1) is 9.28. The molecule has 0 unspecified atom stereocenters. The zero-order valence-corrected chi connectivity index (χ0v) is 11.9. The second-order valence-corrected chi connectivity index (χ2v) is 4.87. The highest BCUT2D eigenvalue weighted by Crippen LogP contribution is 2.16. The molecule has 1 N–H and O–H groups in total. The first-order valence-corrected chi connectivity index (χ1v) is 6.65. The standard InChI is InChI=1S/C15H13BrN2O/c16-13-3-5-14(6-4-13)18-11-12-1-7-15(8-2-12)19-10-9-17/h1-8,18H,10-11H2. The van der Waals surface area contributed by atoms with E-state index in [1.54, 1.807) is 0 Å². The number of ether oxygens (including phenoxy) is 1. The van der Waals surface area contributed by atoms with Crippen LogP contribution in [0.3, 0.4) is 0 Å². The number of benzene rings is 2. The molecule has 0 amide bonds. The van der Waals surface area contributed by atoms with Crippen molar-refractivity contribution in [3.8, 4) is 11.8 Å². The van der Waals surface area contributed by atoms with E-state index in [1.807, 2.05) is 54.6 Å². The molecule has 0 aromatic heterocycles. The molecule has 2 rings (SSSR count). The maximum Gasteiger partial charge on any atom is 0.174 e. The predicted octanol–water partition coefficient (Wildman–Crippen LogP) is 3.96. The molecule has 4 heteroatoms. The van der Waals surface area contributed by atoms with Gasteiger partial charge in [-0.25, -0.2) is 0 Å². The lowest BCUT2D eigenvalue weighted by Crippen LogP contribution is -1.99. The average molecular weight is 317 g/mol. The molecule has 2 aromatic carbocycles. The van der Waals surface area contributed by atoms with Gasteiger partial charge in [0.25, 0.3) is 0 Å². The maximum atomic E-state index is 8.42. The third-order valence-electron chi connectivity index (χ3n) is 2.57. The Labute approximate surface area is 121 Å². The Balaban J connectivity index is 1.89. The third-order valence-corrected chi connectivity index (χ3v) is 3.10. The zero-order chi connectivity index (χ0) is 13.5. The highest BCUT2D eigenvalue weighted by atomic mass is 79.9. The number of anilines is 1. The fourth-order valence-corrected chi connectivity index (χ4v) is 1.86. The summed E-state index contributed by atoms with van der Waals surface area (Å²) in [4.78, 5) is 0. The molecule has 0 radical (unpaired) electrons. The quantitative estimate of drug-likeness (QED) is 0.908. The second-order valence-electron chi connectivity index (χ2n) is 3.95. The number of halogens is 1. The van der Waals surface area contributed by atoms with Crippen molar-refractivity contribution in [2.24, 2.45) is 0 Å². The van der Waals surface area contributed by atoms with Crippen molar-refractivity contribution in [1.29, 1.82) is 5.26 Å². The van der Waals surface area contributed by atoms with E-state index in [9.17, 15) is 0 Å². The van der Waals surface area contributed by atoms with E-state index in [1.165, 1.54) is 0 Å². The van der Waals surface area contributed by atoms with Crippen LogP contribution in [0.1, 0.15) is 5.56 Å². The minimum Gasteiger partial charge on any atom is -0.479 e. The largest absolute Gasteiger partial charge is 0.479 e. The Morgan fingerprint density at radius 3 is 2.37 bits per heavy atom. The minimum atomic E-state index is 0.0799. The van der Waals surface area contributed by atoms with E-state index in [-0.39, 0.29) is 6.61 Å². The Kier molecular flexibility index (Phi) is 4.82. The minimum absolute atomic E-state index is 0.0799. The highest BCUT2D eigenvalue weighted by molar-refractivity contribution is 9.10. The van der Waals surface area contributed by atoms with Crippen molar-refractivity contribution >= 4 is 21.6 Å². The van der Waals surface area contributed by atoms with E-state index in [2.05, 4.69) is 21.2 Å². The van der Waals surface area contributed by atoms with Crippen LogP contribution in [0.15, 0.2) is 53.0 Å². The maximum absolute atomic E-state index is 8.42. The van der Waals surface area contributed by atoms with Crippen LogP contribution in [-0.2, 0) is 6.54 Å². The summed E-state index contributed by atoms with van der Waals surface area (Å²) in [6, 6.07) is 17.7. The average Bonchev–Trinajstić information content (AvgIpc) is 2.46. The predicted molar refractivity (Wildman–Crippen MR) is 79.0 cm³/mol. The summed E-state index contributed by atoms with van der Waals surface area (Å²) in [5.41, 5.74) is 2.24. The monoisotopic (exact) mass is 316 g/mol. The molecular formula is C15H13BrN2O. The normalized spacial score (nSPS) is 9.68. The van der Waals surface area contributed by atoms with Crippen LogP contribution in [0.5, 0.6) is 5.75 Å². The summed E-state index contributed by atoms with van der Waals surface area (Å²) in [7, 11) is 0. The third kappa shape index (κ3) is 4.31. The van der Waals surface area contributed by atoms with Crippen LogP contribution in [0.4, 0.5) is 5.69 Å². The van der Waals surface area contributed by atoms with Crippen molar-refractivity contribution in [3.63, 3.8) is 0 Å². The Morgan fingerprint density at radius 1 is 1.05 bits per heavy atom. The van der Waals surface area contributed by atoms with Gasteiger partial charge in [-0.15, -0.1) is 0 Å². The molecule has 0 saturated carbocycles. The molecule has 96 valence electrons. The molecule has 0 atom stereocenters. The van der Waals surface area contributed by atoms with E-state index in [0.29, 0.717) is 5.75 Å². The van der Waals surface area contributed by atoms with Gasteiger partial charge in [-0.3, -0.25) is 0 Å². The summed E-state index contributed by atoms with van der Waals surface area (Å²) < 4.78 is 6.27. The van der Waals surface area contributed by atoms with Crippen LogP contribution < -0.4 is 10.1 Å². The lowest BCUT2D eigenvalue weighted by atomic mass is 10.2. The van der Waals surface area contributed by atoms with Crippen LogP contribution in [0.2, 0.25) is 0 Å². The van der Waals surface area contributed by atoms with Crippen molar-refractivity contribution < 1.29 is 4.74 Å². The van der Waals surface area contributed by atoms with Gasteiger partial charge in [0.2, 0.25) is 0 Å². The number of nitrogens with zero attached hydrogens (tertiary/aromatic N) is 1. The summed E-state index contributed by atoms with van der Waals surface area (Å²) in [5.74, 6) is 0.717. The Hall–Kier alpha value is -1.99. The smallest absolute Gasteiger partial charge is 0.174 e. The van der Waals surface area contributed by atoms with Crippen molar-refractivity contribution in [1.82, 2.24) is 0 Å². The molecule has 0 fully saturated rings. The van der Waals surface area contributed by atoms with Gasteiger partial charge in [0.1, 0.15) is 11.8 Å². The fourth-order valence-electron chi connectivity index (χ4n) is 1.59. The summed E-state index contributed by atoms with van der Waals surface area (Å²) in [5, 5.41) is 11.8. The molecule has 0 spiro atoms. The zero-order valence-electron chi connectivity index (χ0n) is 10.3. The molecule has 3 nitrogen and oxygen atoms in total. The van der Waals surface area contributed by atoms with Crippen molar-refractivity contribution in [3.05, 3.63) is 58.6 Å². The van der Waals surface area contributed by atoms with Crippen molar-refractivity contribution in [2.45, 2.75) is 6.54 Å². The Bertz CT molecular complexity index is 558. The van der Waals surface area contributed by atoms with E-state index in [4.69, 9.17) is 10.00 Å². The molecule has 19 heavy (non-hydrogen) atoms. The topological polar surface area (TPSA) is 45.0 Å². The molecule has 2 aromatic rings. The van der Waals surface area contributed by atoms with Crippen LogP contribution >= 0.6 is 15.9 Å². The van der Waals surface area contributed by atoms with Gasteiger partial charge in [-0.2, -0.15) is 5.26 Å². The first-order valence-electron chi connectivity index (χ1n) is 5.86. The fraction of sp³-hybridized carbons (Fsp3) is 0.133. The lowest BCUT2D eigenvalue weighted by molar-refractivity contribution is 0.368. The number of hydrogen-bond acceptors (Lipinski definition) is 3. The van der Waals surface area contributed by atoms with E-state index in [0.717, 1.165) is 22.3 Å². The van der Waals surface area contributed by atoms with E-state index < -0.39 is 0 Å². The Morgan fingerprint density at radius 2 is 1.74 bits per heavy atom. The molecule has 0 aliphatic carbocycles. The molecule has 0 aliphatic heterocycles. The van der Waals surface area contributed by atoms with Crippen LogP contribution in [0, 0.1) is 11.3 Å². The number of nitrogens with one attached hydrogen (secondary N) is 1. The molecule has 0 bridgehead atoms. The second kappa shape index (κ2) is 6.81. The van der Waals surface area contributed by atoms with Gasteiger partial charge in [-0.05, 0) is 42.0 Å². The van der Waals surface area contributed by atoms with Gasteiger partial charge < -0.3 is 10.1 Å². The van der Waals surface area contributed by atoms with Gasteiger partial charge in [0.05, 0.1) is 0 Å². The summed E-state index contributed by atoms with van der Waals surface area (Å²) in [6.45, 7) is 0.830. The molecular weight excluding hydrogens is 304 g/mol. The number of rotatable bonds is 5. The van der Waals surface area contributed by atoms with Crippen LogP contribution in [-0.4, -0.2) is 6.61 Å². The number of hydrogen-bond donors (Lipinski definition) is 1. The van der Waals surface area contributed by atoms with Crippen LogP contribution in [0.25, 0.3) is 0 Å². The van der Waals surface area contributed by atoms with Gasteiger partial charge in [0, 0.05) is 16.7 Å². The molecule has 0 aliphatic rings. The first kappa shape index (κ1) is 13.4. The van der Waals surface area contributed by atoms with Gasteiger partial charge >= 0.3 is 0 Å². The molecule has 0 heterocycles. The summed E-state index contributed by atoms with van der Waals surface area (Å²) >= 11 is 3.41. The highest BCUT2D eigenvalue weighted by Gasteiger charge is 1.96. The molecule has 0 saturated heterocycles. The lowest BCUT2D eigenvalue weighted by Gasteiger charge is -2.07.